The van der Waals surface area contributed by atoms with Crippen LogP contribution in [0.1, 0.15) is 37.9 Å². The molecular formula is C20H29N3O4. The zero-order chi connectivity index (χ0) is 20.1. The fourth-order valence-electron chi connectivity index (χ4n) is 2.71. The van der Waals surface area contributed by atoms with Gasteiger partial charge in [-0.05, 0) is 30.5 Å². The van der Waals surface area contributed by atoms with Gasteiger partial charge in [0.05, 0.1) is 13.7 Å². The summed E-state index contributed by atoms with van der Waals surface area (Å²) in [5.74, 6) is 1.83. The molecule has 0 bridgehead atoms. The lowest BCUT2D eigenvalue weighted by atomic mass is 10.1. The molecule has 0 radical (unpaired) electrons. The summed E-state index contributed by atoms with van der Waals surface area (Å²) in [5.41, 5.74) is 0.937. The molecule has 2 aromatic rings. The van der Waals surface area contributed by atoms with Gasteiger partial charge in [-0.15, -0.1) is 0 Å². The lowest BCUT2D eigenvalue weighted by Crippen LogP contribution is -2.39. The second-order valence-corrected chi connectivity index (χ2v) is 7.13. The highest BCUT2D eigenvalue weighted by molar-refractivity contribution is 5.43. The highest BCUT2D eigenvalue weighted by atomic mass is 16.5. The molecule has 0 amide bonds. The first-order valence-electron chi connectivity index (χ1n) is 9.04. The van der Waals surface area contributed by atoms with Gasteiger partial charge < -0.3 is 19.4 Å². The Hall–Kier alpha value is -2.54. The summed E-state index contributed by atoms with van der Waals surface area (Å²) in [5, 5.41) is 3.33. The van der Waals surface area contributed by atoms with Crippen LogP contribution in [0.3, 0.4) is 0 Å². The standard InChI is InChI=1S/C20H29N3O4/c1-13(2)12-27-17-8-7-15(9-18(17)26-6)14(3)21-10-16-11-22(4)20(25)23(5)19(16)24/h7-9,11,13-14,21H,10,12H2,1-6H3. The van der Waals surface area contributed by atoms with Crippen molar-refractivity contribution in [2.24, 2.45) is 20.0 Å². The predicted octanol–water partition coefficient (Wildman–Crippen LogP) is 1.98. The Kier molecular flexibility index (Phi) is 6.85. The van der Waals surface area contributed by atoms with E-state index in [0.717, 1.165) is 10.1 Å². The summed E-state index contributed by atoms with van der Waals surface area (Å²) in [6.45, 7) is 7.18. The zero-order valence-corrected chi connectivity index (χ0v) is 16.9. The van der Waals surface area contributed by atoms with E-state index in [2.05, 4.69) is 19.2 Å². The van der Waals surface area contributed by atoms with E-state index < -0.39 is 0 Å². The minimum absolute atomic E-state index is 0.0139. The fourth-order valence-corrected chi connectivity index (χ4v) is 2.71. The van der Waals surface area contributed by atoms with Crippen LogP contribution >= 0.6 is 0 Å². The normalized spacial score (nSPS) is 12.3. The van der Waals surface area contributed by atoms with E-state index in [1.165, 1.54) is 11.6 Å². The number of methoxy groups -OCH3 is 1. The number of hydrogen-bond acceptors (Lipinski definition) is 5. The maximum Gasteiger partial charge on any atom is 0.330 e. The van der Waals surface area contributed by atoms with Gasteiger partial charge in [0.1, 0.15) is 0 Å². The Balaban J connectivity index is 2.13. The summed E-state index contributed by atoms with van der Waals surface area (Å²) in [6.07, 6.45) is 1.58. The third kappa shape index (κ3) is 5.01. The van der Waals surface area contributed by atoms with E-state index in [-0.39, 0.29) is 17.3 Å². The van der Waals surface area contributed by atoms with Crippen LogP contribution in [0.15, 0.2) is 34.0 Å². The van der Waals surface area contributed by atoms with Crippen LogP contribution in [0.25, 0.3) is 0 Å². The average Bonchev–Trinajstić information content (AvgIpc) is 2.65. The Morgan fingerprint density at radius 3 is 2.44 bits per heavy atom. The molecule has 1 aromatic heterocycles. The Morgan fingerprint density at radius 1 is 1.11 bits per heavy atom. The molecule has 7 nitrogen and oxygen atoms in total. The second-order valence-electron chi connectivity index (χ2n) is 7.13. The summed E-state index contributed by atoms with van der Waals surface area (Å²) < 4.78 is 13.8. The molecule has 1 atom stereocenters. The highest BCUT2D eigenvalue weighted by Gasteiger charge is 2.13. The van der Waals surface area contributed by atoms with Crippen LogP contribution < -0.4 is 26.0 Å². The summed E-state index contributed by atoms with van der Waals surface area (Å²) in [4.78, 5) is 24.0. The van der Waals surface area contributed by atoms with Gasteiger partial charge in [0.25, 0.3) is 5.56 Å². The van der Waals surface area contributed by atoms with Crippen molar-refractivity contribution in [2.75, 3.05) is 13.7 Å². The van der Waals surface area contributed by atoms with E-state index in [0.29, 0.717) is 36.1 Å². The van der Waals surface area contributed by atoms with Crippen molar-refractivity contribution in [3.63, 3.8) is 0 Å². The molecule has 148 valence electrons. The minimum atomic E-state index is -0.335. The number of benzene rings is 1. The quantitative estimate of drug-likeness (QED) is 0.764. The molecular weight excluding hydrogens is 346 g/mol. The number of nitrogens with one attached hydrogen (secondary N) is 1. The first-order valence-corrected chi connectivity index (χ1v) is 9.04. The van der Waals surface area contributed by atoms with Crippen molar-refractivity contribution >= 4 is 0 Å². The van der Waals surface area contributed by atoms with Crippen LogP contribution in [0, 0.1) is 5.92 Å². The molecule has 0 aliphatic rings. The van der Waals surface area contributed by atoms with Crippen LogP contribution in [0.4, 0.5) is 0 Å². The number of ether oxygens (including phenoxy) is 2. The average molecular weight is 375 g/mol. The fraction of sp³-hybridized carbons (Fsp3) is 0.500. The van der Waals surface area contributed by atoms with Gasteiger partial charge in [0, 0.05) is 38.4 Å². The van der Waals surface area contributed by atoms with Crippen molar-refractivity contribution in [3.05, 3.63) is 56.4 Å². The molecule has 7 heteroatoms. The number of rotatable bonds is 8. The molecule has 0 aliphatic heterocycles. The molecule has 27 heavy (non-hydrogen) atoms. The summed E-state index contributed by atoms with van der Waals surface area (Å²) in [6, 6.07) is 5.81. The highest BCUT2D eigenvalue weighted by Crippen LogP contribution is 2.30. The van der Waals surface area contributed by atoms with E-state index in [9.17, 15) is 9.59 Å². The molecule has 0 fully saturated rings. The van der Waals surface area contributed by atoms with Crippen LogP contribution in [-0.4, -0.2) is 22.9 Å². The number of nitrogens with zero attached hydrogens (tertiary/aromatic N) is 2. The molecule has 0 spiro atoms. The van der Waals surface area contributed by atoms with Crippen LogP contribution in [-0.2, 0) is 20.6 Å². The molecule has 0 saturated heterocycles. The van der Waals surface area contributed by atoms with Crippen molar-refractivity contribution in [3.8, 4) is 11.5 Å². The minimum Gasteiger partial charge on any atom is -0.493 e. The third-order valence-electron chi connectivity index (χ3n) is 4.38. The summed E-state index contributed by atoms with van der Waals surface area (Å²) >= 11 is 0. The van der Waals surface area contributed by atoms with Crippen molar-refractivity contribution in [1.29, 1.82) is 0 Å². The van der Waals surface area contributed by atoms with Gasteiger partial charge in [0.15, 0.2) is 11.5 Å². The SMILES string of the molecule is COc1cc(C(C)NCc2cn(C)c(=O)n(C)c2=O)ccc1OCC(C)C. The molecule has 1 N–H and O–H groups in total. The Morgan fingerprint density at radius 2 is 1.81 bits per heavy atom. The first-order chi connectivity index (χ1) is 12.7. The number of hydrogen-bond donors (Lipinski definition) is 1. The monoisotopic (exact) mass is 375 g/mol. The van der Waals surface area contributed by atoms with Crippen LogP contribution in [0.5, 0.6) is 11.5 Å². The van der Waals surface area contributed by atoms with E-state index in [1.807, 2.05) is 25.1 Å². The lowest BCUT2D eigenvalue weighted by Gasteiger charge is -2.18. The molecule has 1 unspecified atom stereocenters. The van der Waals surface area contributed by atoms with Crippen molar-refractivity contribution in [1.82, 2.24) is 14.5 Å². The van der Waals surface area contributed by atoms with Crippen molar-refractivity contribution in [2.45, 2.75) is 33.4 Å². The maximum atomic E-state index is 12.2. The van der Waals surface area contributed by atoms with Gasteiger partial charge in [-0.2, -0.15) is 0 Å². The lowest BCUT2D eigenvalue weighted by molar-refractivity contribution is 0.256. The largest absolute Gasteiger partial charge is 0.493 e. The Labute approximate surface area is 159 Å². The van der Waals surface area contributed by atoms with E-state index in [4.69, 9.17) is 9.47 Å². The van der Waals surface area contributed by atoms with Gasteiger partial charge in [-0.3, -0.25) is 9.36 Å². The number of aryl methyl sites for hydroxylation is 1. The predicted molar refractivity (Wildman–Crippen MR) is 106 cm³/mol. The van der Waals surface area contributed by atoms with Gasteiger partial charge >= 0.3 is 5.69 Å². The van der Waals surface area contributed by atoms with E-state index >= 15 is 0 Å². The second kappa shape index (κ2) is 8.90. The number of aromatic nitrogens is 2. The van der Waals surface area contributed by atoms with Gasteiger partial charge in [-0.25, -0.2) is 4.79 Å². The Bertz CT molecular complexity index is 899. The molecule has 1 aromatic carbocycles. The van der Waals surface area contributed by atoms with Crippen LogP contribution in [0.2, 0.25) is 0 Å². The van der Waals surface area contributed by atoms with Gasteiger partial charge in [0.2, 0.25) is 0 Å². The zero-order valence-electron chi connectivity index (χ0n) is 16.9. The first kappa shape index (κ1) is 20.8. The van der Waals surface area contributed by atoms with Crippen molar-refractivity contribution < 1.29 is 9.47 Å². The third-order valence-corrected chi connectivity index (χ3v) is 4.38. The van der Waals surface area contributed by atoms with Gasteiger partial charge in [-0.1, -0.05) is 19.9 Å². The summed E-state index contributed by atoms with van der Waals surface area (Å²) in [7, 11) is 4.74. The topological polar surface area (TPSA) is 74.5 Å². The molecule has 0 saturated carbocycles. The molecule has 2 rings (SSSR count). The maximum absolute atomic E-state index is 12.2. The smallest absolute Gasteiger partial charge is 0.330 e. The van der Waals surface area contributed by atoms with E-state index in [1.54, 1.807) is 20.4 Å². The molecule has 0 aliphatic carbocycles. The molecule has 1 heterocycles.